The van der Waals surface area contributed by atoms with Crippen LogP contribution in [0.1, 0.15) is 251 Å². The number of nitrogens with one attached hydrogen (secondary N) is 2. The molecule has 4 unspecified atom stereocenters. The smallest absolute Gasteiger partial charge is 1.00 e. The third-order valence-electron chi connectivity index (χ3n) is 27.0. The first-order valence-corrected chi connectivity index (χ1v) is 59.0. The van der Waals surface area contributed by atoms with E-state index in [2.05, 4.69) is 173 Å². The molecular weight excluding hydrogens is 2090 g/mol. The number of hydrogen-bond acceptors (Lipinski definition) is 30. The van der Waals surface area contributed by atoms with Crippen LogP contribution < -0.4 is 41.2 Å². The van der Waals surface area contributed by atoms with Crippen molar-refractivity contribution in [1.82, 2.24) is 19.8 Å². The summed E-state index contributed by atoms with van der Waals surface area (Å²) in [5.74, 6) is 0.0593. The van der Waals surface area contributed by atoms with Crippen molar-refractivity contribution in [3.8, 4) is 0 Å². The van der Waals surface area contributed by atoms with Crippen molar-refractivity contribution in [2.24, 2.45) is 0 Å². The van der Waals surface area contributed by atoms with Gasteiger partial charge in [-0.3, -0.25) is 9.59 Å². The largest absolute Gasteiger partial charge is 2.00 e. The Morgan fingerprint density at radius 3 is 1.21 bits per heavy atom. The number of ether oxygens (including phenoxy) is 9. The van der Waals surface area contributed by atoms with Crippen LogP contribution in [0.5, 0.6) is 0 Å². The summed E-state index contributed by atoms with van der Waals surface area (Å²) in [4.78, 5) is 42.2. The summed E-state index contributed by atoms with van der Waals surface area (Å²) in [6, 6.07) is 17.2. The molecule has 0 bridgehead atoms. The average Bonchev–Trinajstić information content (AvgIpc) is 1.62. The maximum absolute atomic E-state index is 14.0. The summed E-state index contributed by atoms with van der Waals surface area (Å²) in [6.07, 6.45) is 9.39. The Kier molecular flexibility index (Phi) is 85.2. The molecule has 6 aliphatic rings. The fourth-order valence-electron chi connectivity index (χ4n) is 14.6. The third kappa shape index (κ3) is 60.6. The molecule has 3 amide bonds. The molecule has 6 fully saturated rings. The van der Waals surface area contributed by atoms with Crippen LogP contribution in [0.2, 0.25) is 51.9 Å². The van der Waals surface area contributed by atoms with Gasteiger partial charge in [0, 0.05) is 156 Å². The summed E-state index contributed by atoms with van der Waals surface area (Å²) in [6.45, 7) is 71.4. The normalized spacial score (nSPS) is 19.1. The summed E-state index contributed by atoms with van der Waals surface area (Å²) >= 11 is 11.5. The number of methoxy groups -OCH3 is 8. The predicted octanol–water partition coefficient (Wildman–Crippen LogP) is 8.64. The molecule has 6 atom stereocenters. The molecule has 2 aromatic rings. The second-order valence-corrected chi connectivity index (χ2v) is 55.8. The minimum absolute atomic E-state index is 0. The van der Waals surface area contributed by atoms with E-state index >= 15 is 0 Å². The number of amides is 3. The van der Waals surface area contributed by atoms with Gasteiger partial charge in [-0.05, 0) is 248 Å². The van der Waals surface area contributed by atoms with Crippen LogP contribution in [0.4, 0.5) is 4.79 Å². The average molecular weight is 2300 g/mol. The summed E-state index contributed by atoms with van der Waals surface area (Å²) in [5, 5.41) is 40.5. The van der Waals surface area contributed by atoms with E-state index in [1.807, 2.05) is 116 Å². The maximum Gasteiger partial charge on any atom is 2.00 e. The number of carbonyl (C=O) groups is 3. The van der Waals surface area contributed by atoms with Crippen molar-refractivity contribution >= 4 is 166 Å². The first-order valence-electron chi connectivity index (χ1n) is 51.2. The molecule has 34 nitrogen and oxygen atoms in total. The second kappa shape index (κ2) is 78.7. The van der Waals surface area contributed by atoms with Gasteiger partial charge >= 0.3 is 102 Å². The molecule has 0 aromatic heterocycles. The van der Waals surface area contributed by atoms with Crippen LogP contribution in [-0.4, -0.2) is 406 Å². The number of rotatable bonds is 45. The number of nitrogens with zero attached hydrogens (tertiary/aromatic N) is 2. The molecule has 870 valence electrons. The van der Waals surface area contributed by atoms with Gasteiger partial charge < -0.3 is 183 Å². The van der Waals surface area contributed by atoms with Crippen molar-refractivity contribution in [1.29, 1.82) is 0 Å². The molecule has 150 heavy (non-hydrogen) atoms. The van der Waals surface area contributed by atoms with Crippen molar-refractivity contribution in [2.75, 3.05) is 143 Å². The van der Waals surface area contributed by atoms with E-state index in [1.54, 1.807) is 89.5 Å². The number of alkyl carbamates (subject to hydrolysis) is 1. The SMILES string of the molecule is CC(C)(O)C(C)(C)O.COB(OC)OC.COCCC(B1OC(C)(C)C(C)(C)O1)N([Si](C)(C)C)[Si](C)(C)C.COCCC(Cl)B1OC(C)(C)C(C)(C)O1.COCCC([NH3+])B1OC(C)(C)C(C)(C)O1.COCCCB(O)O.COCCCB1OC(C)(C)C(C)(C)O1.COCCCC(NC(=O)[C@H]1CCCN1C(=O)[C@H](Cc1ccccc1)NC(=O)OCc1ccccc1)B1OC(C)(C)C(C)(C)O1.COCCCCl.Cl.[CH2-]CCOC.[Cl-].[Cl-].[H-].[H-].[Mg+2].[Mg+2]. The third-order valence-corrected chi connectivity index (χ3v) is 35.3. The van der Waals surface area contributed by atoms with Gasteiger partial charge in [-0.2, -0.15) is 6.42 Å². The zero-order valence-corrected chi connectivity index (χ0v) is 109. The van der Waals surface area contributed by atoms with Gasteiger partial charge in [0.1, 0.15) is 41.1 Å². The standard InChI is InChI=1S/C33H46BN3O7.C16H38BNO3Si2.C10H20BClO3.C10H22BNO3.C10H21BO3.C6H14O2.C4H11BO3.C4H9ClO.C4H9O.C3H9BO3.3ClH.2Mg.2H/c1-32(2)33(3,4)44-34(43-32)28(19-13-21-41-5)36-29(38)27-18-12-20-37(27)30(39)26(22-24-14-8-6-9-15-24)35-31(40)42-23-25-16-10-7-11-17-25;1-15(2)16(3,4)21-17(20-15)14(12-13-19-5)18(22(6,7)8)23(9,10)11;2*1-9(2)10(3,4)15-11(14-9)8(12)6-7-13-5;1-9(2)10(3,4)14-11(13-9)7-6-8-12-5;1-5(2,7)6(3,4)8;1-8-4-2-3-5(6)7;1-6-4-2-3-5;1-3-4-5-2;1-5-4(6-2)7-3;;;;;;;/h6-11,14-17,26-28H,12-13,18-23H2,1-5H3,(H,35,40)(H,36,38);14H,12-13H2,1-11H3;8H,6-7H2,1-5H3;8H,6-7,12H2,1-5H3;6-8H2,1-5H3;7-8H,1-4H3;6-7H,2-4H2,1H3;2-4H2,1H3;1,3-4H2,2H3;1-3H3;3*1H;;;;/q;;;;;;;;-1;;;;;2*+2;2*-1/p-1/t26-,27+,28?;;;;;;;;;;;;;;;;/m0................/s1. The minimum Gasteiger partial charge on any atom is -1.00 e. The molecule has 0 saturated carbocycles. The number of aliphatic hydroxyl groups is 2. The van der Waals surface area contributed by atoms with Crippen LogP contribution in [0.3, 0.4) is 0 Å². The first kappa shape index (κ1) is 162. The van der Waals surface area contributed by atoms with Gasteiger partial charge in [0.25, 0.3) is 0 Å². The van der Waals surface area contributed by atoms with Gasteiger partial charge in [-0.15, -0.1) is 35.6 Å². The first-order chi connectivity index (χ1) is 66.8. The Morgan fingerprint density at radius 1 is 0.507 bits per heavy atom. The van der Waals surface area contributed by atoms with Gasteiger partial charge in [-0.1, -0.05) is 99.9 Å². The van der Waals surface area contributed by atoms with E-state index in [4.69, 9.17) is 123 Å². The Labute approximate surface area is 976 Å². The van der Waals surface area contributed by atoms with Crippen LogP contribution in [0, 0.1) is 6.92 Å². The predicted molar refractivity (Wildman–Crippen MR) is 612 cm³/mol. The van der Waals surface area contributed by atoms with Gasteiger partial charge in [0.05, 0.1) is 85.0 Å². The molecule has 2 aromatic carbocycles. The monoisotopic (exact) mass is 2290 g/mol. The zero-order valence-electron chi connectivity index (χ0n) is 102. The van der Waals surface area contributed by atoms with Gasteiger partial charge in [0.2, 0.25) is 11.8 Å². The summed E-state index contributed by atoms with van der Waals surface area (Å²) in [7, 11) is 11.8. The van der Waals surface area contributed by atoms with Crippen LogP contribution in [0.15, 0.2) is 60.7 Å². The number of likely N-dealkylation sites (tertiary alicyclic amines) is 1. The molecule has 0 aliphatic carbocycles. The number of hydrogen-bond donors (Lipinski definition) is 7. The van der Waals surface area contributed by atoms with Crippen LogP contribution >= 0.6 is 35.6 Å². The fraction of sp³-hybridized carbons (Fsp3) is 0.840. The van der Waals surface area contributed by atoms with Crippen molar-refractivity contribution in [3.05, 3.63) is 78.7 Å². The quantitative estimate of drug-likeness (QED) is 0.0141. The van der Waals surface area contributed by atoms with Crippen LogP contribution in [0.25, 0.3) is 0 Å². The fourth-order valence-corrected chi connectivity index (χ4v) is 25.4. The van der Waals surface area contributed by atoms with Crippen molar-refractivity contribution in [2.45, 2.75) is 404 Å². The van der Waals surface area contributed by atoms with Crippen LogP contribution in [-0.2, 0) is 126 Å². The number of halogens is 5. The topological polar surface area (TPSA) is 393 Å². The molecule has 6 saturated heterocycles. The second-order valence-electron chi connectivity index (χ2n) is 44.7. The molecular formula is C100H203B7Cl5Mg2N5O29Si2. The molecule has 50 heteroatoms. The van der Waals surface area contributed by atoms with E-state index < -0.39 is 84.6 Å². The number of benzene rings is 2. The molecule has 8 rings (SSSR count). The minimum atomic E-state index is -1.52. The van der Waals surface area contributed by atoms with Gasteiger partial charge in [-0.25, -0.2) is 4.79 Å². The Morgan fingerprint density at radius 2 is 0.860 bits per heavy atom. The van der Waals surface area contributed by atoms with Gasteiger partial charge in [0.15, 0.2) is 0 Å². The summed E-state index contributed by atoms with van der Waals surface area (Å²) < 4.78 is 122. The Balaban J connectivity index is -0.000000232. The number of carbonyl (C=O) groups excluding carboxylic acids is 3. The molecule has 9 N–H and O–H groups in total. The van der Waals surface area contributed by atoms with E-state index in [-0.39, 0.29) is 201 Å². The number of alkyl halides is 2. The van der Waals surface area contributed by atoms with E-state index in [1.165, 1.54) is 21.3 Å². The van der Waals surface area contributed by atoms with E-state index in [9.17, 15) is 14.4 Å². The molecule has 0 spiro atoms. The van der Waals surface area contributed by atoms with Crippen molar-refractivity contribution < 1.29 is 171 Å². The maximum atomic E-state index is 14.0. The zero-order chi connectivity index (χ0) is 112. The molecule has 6 heterocycles. The van der Waals surface area contributed by atoms with E-state index in [0.29, 0.717) is 77.3 Å². The van der Waals surface area contributed by atoms with E-state index in [0.717, 1.165) is 82.4 Å². The summed E-state index contributed by atoms with van der Waals surface area (Å²) in [5.41, 5.74) is 0.544. The molecule has 0 radical (unpaired) electrons. The molecule has 6 aliphatic heterocycles. The van der Waals surface area contributed by atoms with Crippen molar-refractivity contribution in [3.63, 3.8) is 0 Å². The number of quaternary nitrogens is 1. The Hall–Kier alpha value is -0.559. The Bertz CT molecular complexity index is 3600.